The molecular weight excluding hydrogens is 258 g/mol. The maximum atomic E-state index is 13.1. The monoisotopic (exact) mass is 274 g/mol. The van der Waals surface area contributed by atoms with Gasteiger partial charge in [-0.1, -0.05) is 30.3 Å². The highest BCUT2D eigenvalue weighted by molar-refractivity contribution is 5.39. The molecule has 0 aliphatic heterocycles. The highest BCUT2D eigenvalue weighted by Gasteiger charge is 2.27. The standard InChI is InChI=1S/C17H16F2O/c18-16-6-5-11(8-17(16)19)7-14(20)10-13-9-12-3-1-2-4-15(12)13/h1-6,8,13-14,20H,7,9-10H2. The predicted molar refractivity (Wildman–Crippen MR) is 73.6 cm³/mol. The Bertz CT molecular complexity index is 624. The number of rotatable bonds is 4. The van der Waals surface area contributed by atoms with Crippen LogP contribution in [0.4, 0.5) is 8.78 Å². The van der Waals surface area contributed by atoms with Crippen LogP contribution in [0.2, 0.25) is 0 Å². The smallest absolute Gasteiger partial charge is 0.159 e. The molecule has 0 saturated carbocycles. The van der Waals surface area contributed by atoms with Crippen molar-refractivity contribution in [3.63, 3.8) is 0 Å². The quantitative estimate of drug-likeness (QED) is 0.903. The van der Waals surface area contributed by atoms with Gasteiger partial charge in [-0.05, 0) is 54.0 Å². The maximum Gasteiger partial charge on any atom is 0.159 e. The fraction of sp³-hybridized carbons (Fsp3) is 0.294. The molecule has 3 heteroatoms. The van der Waals surface area contributed by atoms with Crippen LogP contribution < -0.4 is 0 Å². The zero-order valence-corrected chi connectivity index (χ0v) is 11.0. The molecule has 3 rings (SSSR count). The van der Waals surface area contributed by atoms with Gasteiger partial charge in [-0.3, -0.25) is 0 Å². The van der Waals surface area contributed by atoms with Gasteiger partial charge in [0.1, 0.15) is 0 Å². The second-order valence-electron chi connectivity index (χ2n) is 5.44. The third-order valence-electron chi connectivity index (χ3n) is 3.97. The molecule has 104 valence electrons. The molecule has 1 aliphatic carbocycles. The summed E-state index contributed by atoms with van der Waals surface area (Å²) in [6.45, 7) is 0. The van der Waals surface area contributed by atoms with Gasteiger partial charge in [-0.25, -0.2) is 8.78 Å². The fourth-order valence-corrected chi connectivity index (χ4v) is 2.92. The molecular formula is C17H16F2O. The number of hydrogen-bond donors (Lipinski definition) is 1. The summed E-state index contributed by atoms with van der Waals surface area (Å²) in [5.74, 6) is -1.33. The van der Waals surface area contributed by atoms with Crippen molar-refractivity contribution >= 4 is 0 Å². The predicted octanol–water partition coefficient (Wildman–Crippen LogP) is 3.60. The maximum absolute atomic E-state index is 13.1. The molecule has 0 radical (unpaired) electrons. The zero-order valence-electron chi connectivity index (χ0n) is 11.0. The van der Waals surface area contributed by atoms with Crippen LogP contribution in [0, 0.1) is 11.6 Å². The second kappa shape index (κ2) is 5.33. The Labute approximate surface area is 116 Å². The van der Waals surface area contributed by atoms with Gasteiger partial charge in [-0.15, -0.1) is 0 Å². The molecule has 0 spiro atoms. The molecule has 0 amide bonds. The van der Waals surface area contributed by atoms with Gasteiger partial charge < -0.3 is 5.11 Å². The van der Waals surface area contributed by atoms with Crippen LogP contribution in [0.3, 0.4) is 0 Å². The average molecular weight is 274 g/mol. The second-order valence-corrected chi connectivity index (χ2v) is 5.44. The Kier molecular flexibility index (Phi) is 3.53. The van der Waals surface area contributed by atoms with Crippen LogP contribution in [0.25, 0.3) is 0 Å². The highest BCUT2D eigenvalue weighted by atomic mass is 19.2. The number of benzene rings is 2. The first kappa shape index (κ1) is 13.3. The minimum Gasteiger partial charge on any atom is -0.393 e. The Balaban J connectivity index is 1.61. The zero-order chi connectivity index (χ0) is 14.1. The molecule has 1 N–H and O–H groups in total. The largest absolute Gasteiger partial charge is 0.393 e. The van der Waals surface area contributed by atoms with Crippen LogP contribution in [0.1, 0.15) is 29.0 Å². The molecule has 2 atom stereocenters. The third kappa shape index (κ3) is 2.59. The topological polar surface area (TPSA) is 20.2 Å². The summed E-state index contributed by atoms with van der Waals surface area (Å²) >= 11 is 0. The van der Waals surface area contributed by atoms with E-state index in [1.54, 1.807) is 0 Å². The molecule has 2 aromatic carbocycles. The lowest BCUT2D eigenvalue weighted by Gasteiger charge is -2.31. The summed E-state index contributed by atoms with van der Waals surface area (Å²) in [6, 6.07) is 12.0. The first-order valence-corrected chi connectivity index (χ1v) is 6.83. The van der Waals surface area contributed by atoms with Crippen molar-refractivity contribution in [2.45, 2.75) is 31.3 Å². The molecule has 0 bridgehead atoms. The number of halogens is 2. The molecule has 2 aromatic rings. The number of aliphatic hydroxyl groups is 1. The summed E-state index contributed by atoms with van der Waals surface area (Å²) in [6.07, 6.45) is 1.48. The summed E-state index contributed by atoms with van der Waals surface area (Å²) in [4.78, 5) is 0. The van der Waals surface area contributed by atoms with Crippen molar-refractivity contribution in [3.8, 4) is 0 Å². The lowest BCUT2D eigenvalue weighted by molar-refractivity contribution is 0.151. The average Bonchev–Trinajstić information content (AvgIpc) is 2.40. The van der Waals surface area contributed by atoms with Gasteiger partial charge in [-0.2, -0.15) is 0 Å². The van der Waals surface area contributed by atoms with E-state index < -0.39 is 17.7 Å². The van der Waals surface area contributed by atoms with E-state index in [1.807, 2.05) is 12.1 Å². The van der Waals surface area contributed by atoms with Crippen LogP contribution in [0.5, 0.6) is 0 Å². The first-order valence-electron chi connectivity index (χ1n) is 6.83. The van der Waals surface area contributed by atoms with Gasteiger partial charge in [0.2, 0.25) is 0 Å². The van der Waals surface area contributed by atoms with Gasteiger partial charge in [0.25, 0.3) is 0 Å². The summed E-state index contributed by atoms with van der Waals surface area (Å²) in [7, 11) is 0. The van der Waals surface area contributed by atoms with E-state index in [0.717, 1.165) is 18.6 Å². The van der Waals surface area contributed by atoms with E-state index in [0.29, 0.717) is 24.3 Å². The van der Waals surface area contributed by atoms with Crippen molar-refractivity contribution in [2.24, 2.45) is 0 Å². The molecule has 0 aromatic heterocycles. The van der Waals surface area contributed by atoms with Gasteiger partial charge in [0, 0.05) is 0 Å². The van der Waals surface area contributed by atoms with Gasteiger partial charge in [0.05, 0.1) is 6.10 Å². The number of fused-ring (bicyclic) bond motifs is 1. The van der Waals surface area contributed by atoms with E-state index in [-0.39, 0.29) is 0 Å². The fourth-order valence-electron chi connectivity index (χ4n) is 2.92. The Hall–Kier alpha value is -1.74. The van der Waals surface area contributed by atoms with Crippen molar-refractivity contribution in [2.75, 3.05) is 0 Å². The first-order chi connectivity index (χ1) is 9.63. The van der Waals surface area contributed by atoms with Crippen LogP contribution in [0.15, 0.2) is 42.5 Å². The molecule has 0 saturated heterocycles. The normalized spacial score (nSPS) is 18.2. The molecule has 0 heterocycles. The van der Waals surface area contributed by atoms with E-state index in [1.165, 1.54) is 17.2 Å². The molecule has 0 fully saturated rings. The van der Waals surface area contributed by atoms with Gasteiger partial charge >= 0.3 is 0 Å². The van der Waals surface area contributed by atoms with Crippen molar-refractivity contribution in [1.82, 2.24) is 0 Å². The van der Waals surface area contributed by atoms with Crippen molar-refractivity contribution in [3.05, 3.63) is 70.8 Å². The SMILES string of the molecule is OC(Cc1ccc(F)c(F)c1)CC1Cc2ccccc21. The van der Waals surface area contributed by atoms with Crippen molar-refractivity contribution in [1.29, 1.82) is 0 Å². The van der Waals surface area contributed by atoms with Gasteiger partial charge in [0.15, 0.2) is 11.6 Å². The van der Waals surface area contributed by atoms with E-state index in [9.17, 15) is 13.9 Å². The molecule has 1 aliphatic rings. The lowest BCUT2D eigenvalue weighted by Crippen LogP contribution is -2.23. The minimum atomic E-state index is -0.858. The number of hydrogen-bond acceptors (Lipinski definition) is 1. The highest BCUT2D eigenvalue weighted by Crippen LogP contribution is 2.38. The minimum absolute atomic E-state index is 0.357. The Morgan fingerprint density at radius 2 is 1.90 bits per heavy atom. The number of aliphatic hydroxyl groups excluding tert-OH is 1. The van der Waals surface area contributed by atoms with E-state index in [2.05, 4.69) is 12.1 Å². The summed E-state index contributed by atoms with van der Waals surface area (Å²) in [5, 5.41) is 10.1. The summed E-state index contributed by atoms with van der Waals surface area (Å²) < 4.78 is 25.9. The third-order valence-corrected chi connectivity index (χ3v) is 3.97. The Morgan fingerprint density at radius 3 is 2.65 bits per heavy atom. The molecule has 2 unspecified atom stereocenters. The molecule has 20 heavy (non-hydrogen) atoms. The summed E-state index contributed by atoms with van der Waals surface area (Å²) in [5.41, 5.74) is 3.28. The van der Waals surface area contributed by atoms with E-state index in [4.69, 9.17) is 0 Å². The van der Waals surface area contributed by atoms with E-state index >= 15 is 0 Å². The van der Waals surface area contributed by atoms with Crippen LogP contribution in [-0.4, -0.2) is 11.2 Å². The van der Waals surface area contributed by atoms with Crippen molar-refractivity contribution < 1.29 is 13.9 Å². The van der Waals surface area contributed by atoms with Crippen LogP contribution in [-0.2, 0) is 12.8 Å². The van der Waals surface area contributed by atoms with Crippen LogP contribution >= 0.6 is 0 Å². The molecule has 1 nitrogen and oxygen atoms in total. The lowest BCUT2D eigenvalue weighted by atomic mass is 9.74. The Morgan fingerprint density at radius 1 is 1.10 bits per heavy atom.